The minimum absolute atomic E-state index is 0.0105. The first-order chi connectivity index (χ1) is 7.38. The van der Waals surface area contributed by atoms with Crippen LogP contribution >= 0.6 is 0 Å². The Balaban J connectivity index is 4.23. The van der Waals surface area contributed by atoms with Crippen LogP contribution in [0.5, 0.6) is 0 Å². The zero-order valence-corrected chi connectivity index (χ0v) is 9.93. The standard InChI is InChI=1S/C10H20N2O4/c1-7(2)6-12(3)10(16)11-8(4-5-13)9(14)15/h7-8,13H,4-6H2,1-3H3,(H,11,16)(H,14,15)/t8-/m1/s1. The summed E-state index contributed by atoms with van der Waals surface area (Å²) in [7, 11) is 1.60. The van der Waals surface area contributed by atoms with Crippen molar-refractivity contribution in [3.63, 3.8) is 0 Å². The molecule has 1 atom stereocenters. The van der Waals surface area contributed by atoms with Crippen molar-refractivity contribution in [3.05, 3.63) is 0 Å². The monoisotopic (exact) mass is 232 g/mol. The first kappa shape index (κ1) is 14.7. The predicted molar refractivity (Wildman–Crippen MR) is 59.1 cm³/mol. The summed E-state index contributed by atoms with van der Waals surface area (Å²) >= 11 is 0. The Bertz CT molecular complexity index is 243. The molecular formula is C10H20N2O4. The van der Waals surface area contributed by atoms with Crippen LogP contribution in [0.4, 0.5) is 4.79 Å². The van der Waals surface area contributed by atoms with Crippen LogP contribution in [0.1, 0.15) is 20.3 Å². The Kier molecular flexibility index (Phi) is 6.48. The summed E-state index contributed by atoms with van der Waals surface area (Å²) in [5.74, 6) is -0.822. The molecule has 6 nitrogen and oxygen atoms in total. The first-order valence-electron chi connectivity index (χ1n) is 5.23. The second-order valence-electron chi connectivity index (χ2n) is 4.13. The largest absolute Gasteiger partial charge is 0.480 e. The summed E-state index contributed by atoms with van der Waals surface area (Å²) in [5, 5.41) is 19.8. The highest BCUT2D eigenvalue weighted by Crippen LogP contribution is 1.98. The predicted octanol–water partition coefficient (Wildman–Crippen LogP) is 0.119. The Morgan fingerprint density at radius 1 is 1.38 bits per heavy atom. The molecule has 0 aromatic carbocycles. The molecule has 0 saturated heterocycles. The van der Waals surface area contributed by atoms with E-state index < -0.39 is 18.0 Å². The number of carbonyl (C=O) groups excluding carboxylic acids is 1. The zero-order chi connectivity index (χ0) is 12.7. The molecule has 94 valence electrons. The molecular weight excluding hydrogens is 212 g/mol. The average molecular weight is 232 g/mol. The molecule has 0 aromatic rings. The third-order valence-electron chi connectivity index (χ3n) is 2.00. The van der Waals surface area contributed by atoms with Crippen molar-refractivity contribution >= 4 is 12.0 Å². The fourth-order valence-electron chi connectivity index (χ4n) is 1.28. The van der Waals surface area contributed by atoms with E-state index >= 15 is 0 Å². The van der Waals surface area contributed by atoms with Gasteiger partial charge in [0.25, 0.3) is 0 Å². The highest BCUT2D eigenvalue weighted by molar-refractivity contribution is 5.82. The molecule has 0 saturated carbocycles. The number of amides is 2. The number of nitrogens with one attached hydrogen (secondary N) is 1. The number of hydrogen-bond donors (Lipinski definition) is 3. The molecule has 0 fully saturated rings. The molecule has 0 unspecified atom stereocenters. The summed E-state index contributed by atoms with van der Waals surface area (Å²) in [4.78, 5) is 23.7. The van der Waals surface area contributed by atoms with E-state index in [-0.39, 0.29) is 13.0 Å². The SMILES string of the molecule is CC(C)CN(C)C(=O)N[C@H](CCO)C(=O)O. The summed E-state index contributed by atoms with van der Waals surface area (Å²) in [6.45, 7) is 4.21. The second-order valence-corrected chi connectivity index (χ2v) is 4.13. The Morgan fingerprint density at radius 2 is 1.94 bits per heavy atom. The van der Waals surface area contributed by atoms with Gasteiger partial charge in [-0.1, -0.05) is 13.8 Å². The lowest BCUT2D eigenvalue weighted by Crippen LogP contribution is -2.47. The lowest BCUT2D eigenvalue weighted by molar-refractivity contribution is -0.139. The number of aliphatic carboxylic acids is 1. The number of carbonyl (C=O) groups is 2. The van der Waals surface area contributed by atoms with Gasteiger partial charge in [0.1, 0.15) is 6.04 Å². The normalized spacial score (nSPS) is 12.3. The van der Waals surface area contributed by atoms with E-state index in [2.05, 4.69) is 5.32 Å². The van der Waals surface area contributed by atoms with Gasteiger partial charge in [-0.15, -0.1) is 0 Å². The van der Waals surface area contributed by atoms with Gasteiger partial charge < -0.3 is 20.4 Å². The van der Waals surface area contributed by atoms with E-state index in [4.69, 9.17) is 10.2 Å². The van der Waals surface area contributed by atoms with Gasteiger partial charge in [-0.2, -0.15) is 0 Å². The summed E-state index contributed by atoms with van der Waals surface area (Å²) < 4.78 is 0. The molecule has 2 amide bonds. The van der Waals surface area contributed by atoms with Crippen LogP contribution in [-0.4, -0.2) is 53.4 Å². The topological polar surface area (TPSA) is 89.9 Å². The Labute approximate surface area is 95.2 Å². The molecule has 0 aliphatic heterocycles. The lowest BCUT2D eigenvalue weighted by Gasteiger charge is -2.22. The van der Waals surface area contributed by atoms with Gasteiger partial charge in [-0.05, 0) is 5.92 Å². The summed E-state index contributed by atoms with van der Waals surface area (Å²) in [6.07, 6.45) is 0.0105. The van der Waals surface area contributed by atoms with E-state index in [9.17, 15) is 9.59 Å². The molecule has 0 spiro atoms. The molecule has 0 aromatic heterocycles. The van der Waals surface area contributed by atoms with E-state index in [0.29, 0.717) is 12.5 Å². The number of aliphatic hydroxyl groups is 1. The van der Waals surface area contributed by atoms with E-state index in [1.54, 1.807) is 7.05 Å². The average Bonchev–Trinajstić information content (AvgIpc) is 2.15. The molecule has 0 aliphatic carbocycles. The van der Waals surface area contributed by atoms with Gasteiger partial charge in [0.15, 0.2) is 0 Å². The van der Waals surface area contributed by atoms with Crippen molar-refractivity contribution in [2.45, 2.75) is 26.3 Å². The van der Waals surface area contributed by atoms with Crippen LogP contribution in [0, 0.1) is 5.92 Å². The van der Waals surface area contributed by atoms with Gasteiger partial charge in [0.2, 0.25) is 0 Å². The summed E-state index contributed by atoms with van der Waals surface area (Å²) in [5.41, 5.74) is 0. The van der Waals surface area contributed by atoms with Crippen LogP contribution < -0.4 is 5.32 Å². The van der Waals surface area contributed by atoms with Crippen LogP contribution in [0.3, 0.4) is 0 Å². The number of hydrogen-bond acceptors (Lipinski definition) is 3. The van der Waals surface area contributed by atoms with Crippen molar-refractivity contribution in [2.75, 3.05) is 20.2 Å². The lowest BCUT2D eigenvalue weighted by atomic mass is 10.2. The molecule has 0 rings (SSSR count). The number of aliphatic hydroxyl groups excluding tert-OH is 1. The number of nitrogens with zero attached hydrogens (tertiary/aromatic N) is 1. The van der Waals surface area contributed by atoms with Crippen molar-refractivity contribution in [2.24, 2.45) is 5.92 Å². The fourth-order valence-corrected chi connectivity index (χ4v) is 1.28. The van der Waals surface area contributed by atoms with Crippen LogP contribution in [0.2, 0.25) is 0 Å². The number of urea groups is 1. The maximum Gasteiger partial charge on any atom is 0.326 e. The number of carboxylic acid groups (broad SMARTS) is 1. The third-order valence-corrected chi connectivity index (χ3v) is 2.00. The van der Waals surface area contributed by atoms with E-state index in [1.165, 1.54) is 4.90 Å². The van der Waals surface area contributed by atoms with Gasteiger partial charge >= 0.3 is 12.0 Å². The van der Waals surface area contributed by atoms with Gasteiger partial charge in [0.05, 0.1) is 0 Å². The molecule has 0 aliphatic rings. The first-order valence-corrected chi connectivity index (χ1v) is 5.23. The Morgan fingerprint density at radius 3 is 2.31 bits per heavy atom. The third kappa shape index (κ3) is 5.55. The minimum Gasteiger partial charge on any atom is -0.480 e. The van der Waals surface area contributed by atoms with Crippen LogP contribution in [0.15, 0.2) is 0 Å². The molecule has 3 N–H and O–H groups in total. The highest BCUT2D eigenvalue weighted by Gasteiger charge is 2.21. The van der Waals surface area contributed by atoms with Gasteiger partial charge in [0, 0.05) is 26.6 Å². The minimum atomic E-state index is -1.14. The fraction of sp³-hybridized carbons (Fsp3) is 0.800. The number of carboxylic acids is 1. The quantitative estimate of drug-likeness (QED) is 0.606. The van der Waals surface area contributed by atoms with Crippen LogP contribution in [-0.2, 0) is 4.79 Å². The molecule has 0 bridgehead atoms. The van der Waals surface area contributed by atoms with Crippen molar-refractivity contribution in [1.29, 1.82) is 0 Å². The second kappa shape index (κ2) is 7.05. The zero-order valence-electron chi connectivity index (χ0n) is 9.93. The van der Waals surface area contributed by atoms with E-state index in [0.717, 1.165) is 0 Å². The molecule has 16 heavy (non-hydrogen) atoms. The maximum atomic E-state index is 11.5. The molecule has 0 radical (unpaired) electrons. The smallest absolute Gasteiger partial charge is 0.326 e. The highest BCUT2D eigenvalue weighted by atomic mass is 16.4. The number of rotatable bonds is 6. The summed E-state index contributed by atoms with van der Waals surface area (Å²) in [6, 6.07) is -1.47. The molecule has 0 heterocycles. The molecule has 6 heteroatoms. The van der Waals surface area contributed by atoms with Crippen LogP contribution in [0.25, 0.3) is 0 Å². The van der Waals surface area contributed by atoms with Crippen molar-refractivity contribution in [3.8, 4) is 0 Å². The van der Waals surface area contributed by atoms with E-state index in [1.807, 2.05) is 13.8 Å². The van der Waals surface area contributed by atoms with Crippen molar-refractivity contribution < 1.29 is 19.8 Å². The van der Waals surface area contributed by atoms with Gasteiger partial charge in [-0.3, -0.25) is 0 Å². The van der Waals surface area contributed by atoms with Gasteiger partial charge in [-0.25, -0.2) is 9.59 Å². The maximum absolute atomic E-state index is 11.5. The Hall–Kier alpha value is -1.30. The van der Waals surface area contributed by atoms with Crippen molar-refractivity contribution in [1.82, 2.24) is 10.2 Å².